The van der Waals surface area contributed by atoms with Crippen LogP contribution in [0.1, 0.15) is 50.3 Å². The average molecular weight is 345 g/mol. The van der Waals surface area contributed by atoms with Crippen molar-refractivity contribution in [3.8, 4) is 0 Å². The third-order valence-corrected chi connectivity index (χ3v) is 4.26. The Labute approximate surface area is 146 Å². The lowest BCUT2D eigenvalue weighted by Crippen LogP contribution is -2.28. The van der Waals surface area contributed by atoms with Crippen LogP contribution in [0.4, 0.5) is 5.69 Å². The first-order valence-electron chi connectivity index (χ1n) is 8.38. The predicted octanol–water partition coefficient (Wildman–Crippen LogP) is 5.12. The summed E-state index contributed by atoms with van der Waals surface area (Å²) in [6.45, 7) is 9.39. The van der Waals surface area contributed by atoms with E-state index in [1.165, 1.54) is 29.7 Å². The molecule has 0 aromatic heterocycles. The summed E-state index contributed by atoms with van der Waals surface area (Å²) >= 11 is 11.8. The van der Waals surface area contributed by atoms with Gasteiger partial charge in [-0.25, -0.2) is 0 Å². The Morgan fingerprint density at radius 2 is 1.77 bits per heavy atom. The monoisotopic (exact) mass is 344 g/mol. The zero-order chi connectivity index (χ0) is 16.4. The SMILES string of the molecule is CCCNC(CCC)c1ccc(N(CCCl)CCCl)cc1C. The summed E-state index contributed by atoms with van der Waals surface area (Å²) in [7, 11) is 0. The van der Waals surface area contributed by atoms with Gasteiger partial charge in [-0.2, -0.15) is 0 Å². The van der Waals surface area contributed by atoms with Crippen molar-refractivity contribution in [2.24, 2.45) is 0 Å². The molecule has 0 fully saturated rings. The van der Waals surface area contributed by atoms with Gasteiger partial charge in [0.1, 0.15) is 0 Å². The van der Waals surface area contributed by atoms with Crippen molar-refractivity contribution in [3.63, 3.8) is 0 Å². The highest BCUT2D eigenvalue weighted by Crippen LogP contribution is 2.26. The molecule has 0 aliphatic carbocycles. The molecule has 0 heterocycles. The van der Waals surface area contributed by atoms with Crippen molar-refractivity contribution in [2.75, 3.05) is 36.3 Å². The van der Waals surface area contributed by atoms with Crippen LogP contribution in [0.3, 0.4) is 0 Å². The fourth-order valence-electron chi connectivity index (χ4n) is 2.80. The minimum absolute atomic E-state index is 0.452. The molecule has 1 rings (SSSR count). The van der Waals surface area contributed by atoms with E-state index in [9.17, 15) is 0 Å². The lowest BCUT2D eigenvalue weighted by atomic mass is 9.96. The molecule has 0 aliphatic rings. The van der Waals surface area contributed by atoms with Gasteiger partial charge in [0.15, 0.2) is 0 Å². The zero-order valence-corrected chi connectivity index (χ0v) is 15.7. The topological polar surface area (TPSA) is 15.3 Å². The first kappa shape index (κ1) is 19.6. The van der Waals surface area contributed by atoms with E-state index in [1.54, 1.807) is 0 Å². The Balaban J connectivity index is 2.94. The summed E-state index contributed by atoms with van der Waals surface area (Å²) < 4.78 is 0. The molecule has 1 N–H and O–H groups in total. The molecule has 126 valence electrons. The van der Waals surface area contributed by atoms with Crippen LogP contribution in [0.2, 0.25) is 0 Å². The Bertz CT molecular complexity index is 418. The summed E-state index contributed by atoms with van der Waals surface area (Å²) in [5.41, 5.74) is 3.97. The van der Waals surface area contributed by atoms with Crippen LogP contribution in [0.15, 0.2) is 18.2 Å². The summed E-state index contributed by atoms with van der Waals surface area (Å²) in [6.07, 6.45) is 3.52. The number of hydrogen-bond acceptors (Lipinski definition) is 2. The highest BCUT2D eigenvalue weighted by molar-refractivity contribution is 6.18. The van der Waals surface area contributed by atoms with Crippen LogP contribution in [-0.4, -0.2) is 31.4 Å². The van der Waals surface area contributed by atoms with Crippen molar-refractivity contribution in [1.29, 1.82) is 0 Å². The molecule has 1 aromatic rings. The van der Waals surface area contributed by atoms with Gasteiger partial charge in [0.2, 0.25) is 0 Å². The van der Waals surface area contributed by atoms with E-state index in [4.69, 9.17) is 23.2 Å². The molecule has 0 bridgehead atoms. The lowest BCUT2D eigenvalue weighted by molar-refractivity contribution is 0.492. The summed E-state index contributed by atoms with van der Waals surface area (Å²) in [5, 5.41) is 3.67. The molecule has 1 unspecified atom stereocenters. The number of nitrogens with one attached hydrogen (secondary N) is 1. The number of nitrogens with zero attached hydrogens (tertiary/aromatic N) is 1. The molecule has 0 amide bonds. The molecule has 22 heavy (non-hydrogen) atoms. The zero-order valence-electron chi connectivity index (χ0n) is 14.2. The second kappa shape index (κ2) is 11.2. The van der Waals surface area contributed by atoms with Gasteiger partial charge in [0.05, 0.1) is 0 Å². The standard InChI is InChI=1S/C18H30Cl2N2/c1-4-6-18(21-11-5-2)17-8-7-16(14-15(17)3)22(12-9-19)13-10-20/h7-8,14,18,21H,4-6,9-13H2,1-3H3. The summed E-state index contributed by atoms with van der Waals surface area (Å²) in [5.74, 6) is 1.24. The van der Waals surface area contributed by atoms with E-state index in [0.29, 0.717) is 17.8 Å². The molecule has 0 radical (unpaired) electrons. The first-order chi connectivity index (χ1) is 10.7. The lowest BCUT2D eigenvalue weighted by Gasteiger charge is -2.26. The van der Waals surface area contributed by atoms with Gasteiger partial charge in [-0.1, -0.05) is 26.3 Å². The fraction of sp³-hybridized carbons (Fsp3) is 0.667. The number of alkyl halides is 2. The maximum Gasteiger partial charge on any atom is 0.0399 e. The molecule has 1 atom stereocenters. The van der Waals surface area contributed by atoms with Crippen molar-refractivity contribution < 1.29 is 0 Å². The van der Waals surface area contributed by atoms with E-state index in [1.807, 2.05) is 0 Å². The number of aryl methyl sites for hydroxylation is 1. The van der Waals surface area contributed by atoms with E-state index < -0.39 is 0 Å². The van der Waals surface area contributed by atoms with Gasteiger partial charge in [0.25, 0.3) is 0 Å². The van der Waals surface area contributed by atoms with Gasteiger partial charge in [-0.05, 0) is 49.6 Å². The maximum atomic E-state index is 5.91. The third kappa shape index (κ3) is 5.98. The van der Waals surface area contributed by atoms with Crippen LogP contribution in [-0.2, 0) is 0 Å². The molecular formula is C18H30Cl2N2. The van der Waals surface area contributed by atoms with Crippen LogP contribution in [0, 0.1) is 6.92 Å². The second-order valence-electron chi connectivity index (χ2n) is 5.70. The number of rotatable bonds is 11. The van der Waals surface area contributed by atoms with Crippen LogP contribution in [0.5, 0.6) is 0 Å². The predicted molar refractivity (Wildman–Crippen MR) is 101 cm³/mol. The molecule has 0 spiro atoms. The Hall–Kier alpha value is -0.440. The fourth-order valence-corrected chi connectivity index (χ4v) is 3.20. The normalized spacial score (nSPS) is 12.4. The van der Waals surface area contributed by atoms with Gasteiger partial charge >= 0.3 is 0 Å². The van der Waals surface area contributed by atoms with E-state index >= 15 is 0 Å². The molecule has 2 nitrogen and oxygen atoms in total. The maximum absolute atomic E-state index is 5.91. The second-order valence-corrected chi connectivity index (χ2v) is 6.46. The minimum Gasteiger partial charge on any atom is -0.369 e. The Morgan fingerprint density at radius 3 is 2.27 bits per heavy atom. The first-order valence-corrected chi connectivity index (χ1v) is 9.45. The molecule has 0 saturated heterocycles. The number of anilines is 1. The van der Waals surface area contributed by atoms with Gasteiger partial charge in [-0.15, -0.1) is 23.2 Å². The van der Waals surface area contributed by atoms with E-state index in [2.05, 4.69) is 49.2 Å². The van der Waals surface area contributed by atoms with E-state index in [0.717, 1.165) is 26.1 Å². The number of benzene rings is 1. The minimum atomic E-state index is 0.452. The quantitative estimate of drug-likeness (QED) is 0.560. The summed E-state index contributed by atoms with van der Waals surface area (Å²) in [6, 6.07) is 7.19. The average Bonchev–Trinajstić information content (AvgIpc) is 2.51. The Kier molecular flexibility index (Phi) is 9.94. The Morgan fingerprint density at radius 1 is 1.09 bits per heavy atom. The smallest absolute Gasteiger partial charge is 0.0399 e. The largest absolute Gasteiger partial charge is 0.369 e. The molecular weight excluding hydrogens is 315 g/mol. The van der Waals surface area contributed by atoms with Crippen LogP contribution >= 0.6 is 23.2 Å². The molecule has 0 saturated carbocycles. The molecule has 0 aliphatic heterocycles. The van der Waals surface area contributed by atoms with Gasteiger partial charge < -0.3 is 10.2 Å². The van der Waals surface area contributed by atoms with Crippen LogP contribution in [0.25, 0.3) is 0 Å². The van der Waals surface area contributed by atoms with Gasteiger partial charge in [-0.3, -0.25) is 0 Å². The highest BCUT2D eigenvalue weighted by Gasteiger charge is 2.14. The van der Waals surface area contributed by atoms with Gasteiger partial charge in [0, 0.05) is 36.6 Å². The third-order valence-electron chi connectivity index (χ3n) is 3.92. The van der Waals surface area contributed by atoms with E-state index in [-0.39, 0.29) is 0 Å². The molecule has 1 aromatic carbocycles. The van der Waals surface area contributed by atoms with Crippen molar-refractivity contribution in [2.45, 2.75) is 46.1 Å². The molecule has 4 heteroatoms. The summed E-state index contributed by atoms with van der Waals surface area (Å²) in [4.78, 5) is 2.26. The number of halogens is 2. The van der Waals surface area contributed by atoms with Crippen LogP contribution < -0.4 is 10.2 Å². The van der Waals surface area contributed by atoms with Crippen molar-refractivity contribution in [1.82, 2.24) is 5.32 Å². The number of hydrogen-bond donors (Lipinski definition) is 1. The van der Waals surface area contributed by atoms with Crippen molar-refractivity contribution >= 4 is 28.9 Å². The van der Waals surface area contributed by atoms with Crippen molar-refractivity contribution in [3.05, 3.63) is 29.3 Å². The highest BCUT2D eigenvalue weighted by atomic mass is 35.5.